The Morgan fingerprint density at radius 2 is 2.10 bits per heavy atom. The first-order valence-corrected chi connectivity index (χ1v) is 4.57. The molecule has 0 aromatic carbocycles. The molecule has 5 N–H and O–H groups in total. The predicted molar refractivity (Wildman–Crippen MR) is 40.7 cm³/mol. The Hall–Kier alpha value is -0.0200. The van der Waals surface area contributed by atoms with Crippen molar-refractivity contribution in [3.05, 3.63) is 0 Å². The molecule has 0 saturated carbocycles. The zero-order valence-corrected chi connectivity index (χ0v) is 6.76. The fraction of sp³-hybridized carbons (Fsp3) is 1.00. The third-order valence-corrected chi connectivity index (χ3v) is 2.06. The maximum atomic E-state index is 10.3. The standard InChI is InChI=1S/C5H13N2O2P/c6-4-2-1-3-5(7)10(8)9/h5H,1-4,6-7H2/p+1. The van der Waals surface area contributed by atoms with E-state index in [4.69, 9.17) is 16.4 Å². The van der Waals surface area contributed by atoms with Crippen molar-refractivity contribution in [2.75, 3.05) is 6.54 Å². The Bertz CT molecular complexity index is 110. The van der Waals surface area contributed by atoms with E-state index < -0.39 is 13.8 Å². The van der Waals surface area contributed by atoms with Gasteiger partial charge in [-0.2, -0.15) is 4.89 Å². The largest absolute Gasteiger partial charge is 0.524 e. The molecule has 0 bridgehead atoms. The lowest BCUT2D eigenvalue weighted by atomic mass is 10.2. The van der Waals surface area contributed by atoms with Crippen LogP contribution in [-0.2, 0) is 4.57 Å². The molecule has 2 unspecified atom stereocenters. The Morgan fingerprint density at radius 3 is 2.50 bits per heavy atom. The Labute approximate surface area is 61.5 Å². The van der Waals surface area contributed by atoms with E-state index in [1.54, 1.807) is 0 Å². The van der Waals surface area contributed by atoms with Crippen LogP contribution in [0.3, 0.4) is 0 Å². The maximum Gasteiger partial charge on any atom is 0.524 e. The molecule has 0 radical (unpaired) electrons. The van der Waals surface area contributed by atoms with Crippen molar-refractivity contribution in [2.24, 2.45) is 11.5 Å². The third kappa shape index (κ3) is 4.82. The third-order valence-electron chi connectivity index (χ3n) is 1.24. The quantitative estimate of drug-likeness (QED) is 0.399. The highest BCUT2D eigenvalue weighted by molar-refractivity contribution is 7.38. The maximum absolute atomic E-state index is 10.3. The van der Waals surface area contributed by atoms with E-state index in [1.807, 2.05) is 0 Å². The molecule has 5 heteroatoms. The average molecular weight is 165 g/mol. The van der Waals surface area contributed by atoms with E-state index in [9.17, 15) is 4.57 Å². The van der Waals surface area contributed by atoms with Crippen molar-refractivity contribution in [3.63, 3.8) is 0 Å². The van der Waals surface area contributed by atoms with Gasteiger partial charge >= 0.3 is 8.03 Å². The lowest BCUT2D eigenvalue weighted by Gasteiger charge is -1.95. The molecule has 0 saturated heterocycles. The molecule has 10 heavy (non-hydrogen) atoms. The molecule has 0 aliphatic rings. The summed E-state index contributed by atoms with van der Waals surface area (Å²) in [6, 6.07) is 0. The Kier molecular flexibility index (Phi) is 5.73. The van der Waals surface area contributed by atoms with E-state index in [2.05, 4.69) is 0 Å². The molecule has 0 spiro atoms. The Balaban J connectivity index is 3.21. The summed E-state index contributed by atoms with van der Waals surface area (Å²) < 4.78 is 10.3. The van der Waals surface area contributed by atoms with Crippen LogP contribution in [0.5, 0.6) is 0 Å². The summed E-state index contributed by atoms with van der Waals surface area (Å²) in [5.74, 6) is -0.568. The molecule has 0 aromatic heterocycles. The van der Waals surface area contributed by atoms with E-state index in [-0.39, 0.29) is 0 Å². The van der Waals surface area contributed by atoms with Crippen LogP contribution in [0.15, 0.2) is 0 Å². The van der Waals surface area contributed by atoms with Crippen LogP contribution in [0.1, 0.15) is 19.3 Å². The monoisotopic (exact) mass is 165 g/mol. The summed E-state index contributed by atoms with van der Waals surface area (Å²) in [6.45, 7) is 0.620. The van der Waals surface area contributed by atoms with Crippen molar-refractivity contribution in [1.82, 2.24) is 0 Å². The molecule has 0 heterocycles. The van der Waals surface area contributed by atoms with Gasteiger partial charge in [0.1, 0.15) is 0 Å². The van der Waals surface area contributed by atoms with Crippen LogP contribution < -0.4 is 11.5 Å². The van der Waals surface area contributed by atoms with Crippen molar-refractivity contribution in [3.8, 4) is 0 Å². The average Bonchev–Trinajstić information content (AvgIpc) is 1.88. The van der Waals surface area contributed by atoms with Gasteiger partial charge in [-0.05, 0) is 24.0 Å². The number of hydrogen-bond donors (Lipinski definition) is 3. The van der Waals surface area contributed by atoms with Crippen LogP contribution in [0.4, 0.5) is 0 Å². The van der Waals surface area contributed by atoms with Gasteiger partial charge in [0.25, 0.3) is 0 Å². The summed E-state index contributed by atoms with van der Waals surface area (Å²) in [4.78, 5) is 8.47. The predicted octanol–water partition coefficient (Wildman–Crippen LogP) is 0.135. The highest BCUT2D eigenvalue weighted by atomic mass is 31.1. The summed E-state index contributed by atoms with van der Waals surface area (Å²) in [7, 11) is -2.19. The molecular formula is C5H14N2O2P+. The van der Waals surface area contributed by atoms with Gasteiger partial charge in [0.05, 0.1) is 0 Å². The first kappa shape index (κ1) is 9.98. The molecule has 0 aromatic rings. The van der Waals surface area contributed by atoms with Crippen molar-refractivity contribution in [1.29, 1.82) is 0 Å². The molecule has 60 valence electrons. The molecule has 0 aliphatic heterocycles. The number of hydrogen-bond acceptors (Lipinski definition) is 3. The van der Waals surface area contributed by atoms with Gasteiger partial charge in [-0.25, -0.2) is 0 Å². The van der Waals surface area contributed by atoms with Crippen LogP contribution in [0, 0.1) is 0 Å². The smallest absolute Gasteiger partial charge is 0.330 e. The SMILES string of the molecule is NCCCCC(N)[P+](=O)O. The lowest BCUT2D eigenvalue weighted by Crippen LogP contribution is -2.15. The van der Waals surface area contributed by atoms with Gasteiger partial charge in [-0.15, -0.1) is 0 Å². The highest BCUT2D eigenvalue weighted by Gasteiger charge is 2.22. The molecular weight excluding hydrogens is 151 g/mol. The molecule has 2 atom stereocenters. The first-order chi connectivity index (χ1) is 4.68. The van der Waals surface area contributed by atoms with E-state index in [0.29, 0.717) is 13.0 Å². The van der Waals surface area contributed by atoms with Crippen LogP contribution in [-0.4, -0.2) is 17.2 Å². The van der Waals surface area contributed by atoms with Gasteiger partial charge in [0.2, 0.25) is 5.78 Å². The molecule has 0 rings (SSSR count). The number of rotatable bonds is 5. The fourth-order valence-electron chi connectivity index (χ4n) is 0.608. The van der Waals surface area contributed by atoms with Gasteiger partial charge in [-0.3, -0.25) is 5.73 Å². The topological polar surface area (TPSA) is 89.3 Å². The minimum Gasteiger partial charge on any atom is -0.330 e. The molecule has 0 fully saturated rings. The van der Waals surface area contributed by atoms with Gasteiger partial charge in [-0.1, -0.05) is 0 Å². The summed E-state index contributed by atoms with van der Waals surface area (Å²) >= 11 is 0. The van der Waals surface area contributed by atoms with Crippen molar-refractivity contribution < 1.29 is 9.46 Å². The molecule has 0 amide bonds. The van der Waals surface area contributed by atoms with Crippen molar-refractivity contribution in [2.45, 2.75) is 25.0 Å². The lowest BCUT2D eigenvalue weighted by molar-refractivity contribution is 0.481. The highest BCUT2D eigenvalue weighted by Crippen LogP contribution is 2.21. The minimum absolute atomic E-state index is 0.568. The summed E-state index contributed by atoms with van der Waals surface area (Å²) in [6.07, 6.45) is 2.29. The fourth-order valence-corrected chi connectivity index (χ4v) is 1.01. The van der Waals surface area contributed by atoms with E-state index >= 15 is 0 Å². The molecule has 0 aliphatic carbocycles. The normalized spacial score (nSPS) is 14.9. The summed E-state index contributed by atoms with van der Waals surface area (Å²) in [5, 5.41) is 0. The number of nitrogens with two attached hydrogens (primary N) is 2. The van der Waals surface area contributed by atoms with Gasteiger partial charge in [0, 0.05) is 6.42 Å². The van der Waals surface area contributed by atoms with Crippen LogP contribution in [0.25, 0.3) is 0 Å². The zero-order chi connectivity index (χ0) is 7.98. The minimum atomic E-state index is -2.19. The number of unbranched alkanes of at least 4 members (excludes halogenated alkanes) is 1. The van der Waals surface area contributed by atoms with E-state index in [0.717, 1.165) is 12.8 Å². The van der Waals surface area contributed by atoms with Crippen LogP contribution >= 0.6 is 8.03 Å². The second kappa shape index (κ2) is 5.74. The van der Waals surface area contributed by atoms with E-state index in [1.165, 1.54) is 0 Å². The zero-order valence-electron chi connectivity index (χ0n) is 5.86. The first-order valence-electron chi connectivity index (χ1n) is 3.29. The van der Waals surface area contributed by atoms with Gasteiger partial charge in [0.15, 0.2) is 0 Å². The van der Waals surface area contributed by atoms with Gasteiger partial charge < -0.3 is 5.73 Å². The second-order valence-corrected chi connectivity index (χ2v) is 3.42. The van der Waals surface area contributed by atoms with Crippen LogP contribution in [0.2, 0.25) is 0 Å². The molecule has 4 nitrogen and oxygen atoms in total. The van der Waals surface area contributed by atoms with Crippen molar-refractivity contribution >= 4 is 8.03 Å². The summed E-state index contributed by atoms with van der Waals surface area (Å²) in [5.41, 5.74) is 10.5. The Morgan fingerprint density at radius 1 is 1.50 bits per heavy atom. The second-order valence-electron chi connectivity index (χ2n) is 2.15.